The number of hydrogen-bond acceptors (Lipinski definition) is 3. The van der Waals surface area contributed by atoms with Gasteiger partial charge in [0.2, 0.25) is 0 Å². The van der Waals surface area contributed by atoms with Crippen LogP contribution in [0.25, 0.3) is 11.4 Å². The van der Waals surface area contributed by atoms with Crippen molar-refractivity contribution < 1.29 is 5.11 Å². The molecule has 17 heavy (non-hydrogen) atoms. The third kappa shape index (κ3) is 2.08. The fourth-order valence-electron chi connectivity index (χ4n) is 1.96. The molecule has 0 spiro atoms. The van der Waals surface area contributed by atoms with Crippen LogP contribution in [0, 0.1) is 13.8 Å². The minimum atomic E-state index is -0.0777. The van der Waals surface area contributed by atoms with Gasteiger partial charge in [-0.25, -0.2) is 0 Å². The molecule has 4 heteroatoms. The van der Waals surface area contributed by atoms with Crippen LogP contribution in [0.2, 0.25) is 0 Å². The molecule has 1 aromatic heterocycles. The number of nitrogens with zero attached hydrogens (tertiary/aromatic N) is 3. The average molecular weight is 231 g/mol. The summed E-state index contributed by atoms with van der Waals surface area (Å²) in [5, 5.41) is 17.4. The first-order valence-electron chi connectivity index (χ1n) is 5.78. The first-order valence-corrected chi connectivity index (χ1v) is 5.78. The highest BCUT2D eigenvalue weighted by atomic mass is 16.3. The van der Waals surface area contributed by atoms with Crippen molar-refractivity contribution >= 4 is 0 Å². The van der Waals surface area contributed by atoms with Gasteiger partial charge in [0, 0.05) is 12.1 Å². The number of aromatic nitrogens is 3. The highest BCUT2D eigenvalue weighted by Crippen LogP contribution is 2.23. The van der Waals surface area contributed by atoms with Crippen LogP contribution in [0.15, 0.2) is 18.2 Å². The first-order chi connectivity index (χ1) is 8.17. The molecule has 1 heterocycles. The molecule has 2 aromatic rings. The molecule has 1 N–H and O–H groups in total. The third-order valence-electron chi connectivity index (χ3n) is 2.92. The topological polar surface area (TPSA) is 50.9 Å². The highest BCUT2D eigenvalue weighted by Gasteiger charge is 2.13. The summed E-state index contributed by atoms with van der Waals surface area (Å²) >= 11 is 0. The van der Waals surface area contributed by atoms with E-state index in [0.29, 0.717) is 5.82 Å². The van der Waals surface area contributed by atoms with Gasteiger partial charge in [0.1, 0.15) is 6.61 Å². The molecule has 0 atom stereocenters. The summed E-state index contributed by atoms with van der Waals surface area (Å²) in [4.78, 5) is 0. The zero-order chi connectivity index (χ0) is 12.4. The van der Waals surface area contributed by atoms with Crippen molar-refractivity contribution in [2.45, 2.75) is 33.9 Å². The van der Waals surface area contributed by atoms with Crippen molar-refractivity contribution in [1.82, 2.24) is 14.8 Å². The van der Waals surface area contributed by atoms with Gasteiger partial charge in [-0.1, -0.05) is 17.7 Å². The Labute approximate surface area is 101 Å². The summed E-state index contributed by atoms with van der Waals surface area (Å²) in [6.07, 6.45) is 0. The van der Waals surface area contributed by atoms with Crippen molar-refractivity contribution in [3.63, 3.8) is 0 Å². The minimum absolute atomic E-state index is 0.0777. The van der Waals surface area contributed by atoms with E-state index in [0.717, 1.165) is 17.9 Å². The lowest BCUT2D eigenvalue weighted by Gasteiger charge is -2.09. The zero-order valence-electron chi connectivity index (χ0n) is 10.4. The summed E-state index contributed by atoms with van der Waals surface area (Å²) in [5.74, 6) is 1.45. The predicted octanol–water partition coefficient (Wildman–Crippen LogP) is 2.07. The van der Waals surface area contributed by atoms with Crippen molar-refractivity contribution in [3.05, 3.63) is 35.2 Å². The Hall–Kier alpha value is -1.68. The molecule has 0 saturated heterocycles. The maximum absolute atomic E-state index is 9.21. The predicted molar refractivity (Wildman–Crippen MR) is 66.5 cm³/mol. The summed E-state index contributed by atoms with van der Waals surface area (Å²) in [7, 11) is 0. The van der Waals surface area contributed by atoms with Gasteiger partial charge in [-0.05, 0) is 32.4 Å². The first kappa shape index (κ1) is 11.8. The van der Waals surface area contributed by atoms with Crippen LogP contribution in [0.3, 0.4) is 0 Å². The van der Waals surface area contributed by atoms with Crippen LogP contribution in [-0.4, -0.2) is 19.9 Å². The monoisotopic (exact) mass is 231 g/mol. The summed E-state index contributed by atoms with van der Waals surface area (Å²) < 4.78 is 1.95. The number of hydrogen-bond donors (Lipinski definition) is 1. The van der Waals surface area contributed by atoms with E-state index < -0.39 is 0 Å². The quantitative estimate of drug-likeness (QED) is 0.879. The Bertz CT molecular complexity index is 531. The molecule has 0 unspecified atom stereocenters. The fourth-order valence-corrected chi connectivity index (χ4v) is 1.96. The number of aliphatic hydroxyl groups excluding tert-OH is 1. The Morgan fingerprint density at radius 2 is 2.00 bits per heavy atom. The second-order valence-corrected chi connectivity index (χ2v) is 4.16. The van der Waals surface area contributed by atoms with Crippen molar-refractivity contribution in [3.8, 4) is 11.4 Å². The molecule has 0 saturated carbocycles. The lowest BCUT2D eigenvalue weighted by atomic mass is 10.1. The van der Waals surface area contributed by atoms with Gasteiger partial charge in [-0.3, -0.25) is 0 Å². The smallest absolute Gasteiger partial charge is 0.164 e. The Kier molecular flexibility index (Phi) is 3.24. The van der Waals surface area contributed by atoms with E-state index in [1.54, 1.807) is 0 Å². The Balaban J connectivity index is 2.59. The number of benzene rings is 1. The molecule has 0 fully saturated rings. The van der Waals surface area contributed by atoms with E-state index >= 15 is 0 Å². The lowest BCUT2D eigenvalue weighted by Crippen LogP contribution is -2.04. The van der Waals surface area contributed by atoms with Gasteiger partial charge < -0.3 is 9.67 Å². The zero-order valence-corrected chi connectivity index (χ0v) is 10.4. The van der Waals surface area contributed by atoms with Gasteiger partial charge >= 0.3 is 0 Å². The van der Waals surface area contributed by atoms with Crippen LogP contribution in [0.5, 0.6) is 0 Å². The molecule has 4 nitrogen and oxygen atoms in total. The number of rotatable bonds is 3. The van der Waals surface area contributed by atoms with Gasteiger partial charge in [-0.2, -0.15) is 0 Å². The van der Waals surface area contributed by atoms with Crippen LogP contribution in [0.4, 0.5) is 0 Å². The second kappa shape index (κ2) is 4.67. The molecule has 90 valence electrons. The van der Waals surface area contributed by atoms with Gasteiger partial charge in [0.15, 0.2) is 11.6 Å². The van der Waals surface area contributed by atoms with Gasteiger partial charge in [0.25, 0.3) is 0 Å². The average Bonchev–Trinajstić information content (AvgIpc) is 2.74. The number of aryl methyl sites for hydroxylation is 2. The van der Waals surface area contributed by atoms with Crippen molar-refractivity contribution in [2.24, 2.45) is 0 Å². The molecule has 2 rings (SSSR count). The molecule has 0 amide bonds. The second-order valence-electron chi connectivity index (χ2n) is 4.16. The molecule has 1 aromatic carbocycles. The minimum Gasteiger partial charge on any atom is -0.388 e. The maximum atomic E-state index is 9.21. The molecule has 0 aliphatic heterocycles. The van der Waals surface area contributed by atoms with Crippen LogP contribution < -0.4 is 0 Å². The van der Waals surface area contributed by atoms with Crippen molar-refractivity contribution in [2.75, 3.05) is 0 Å². The third-order valence-corrected chi connectivity index (χ3v) is 2.92. The van der Waals surface area contributed by atoms with Crippen LogP contribution in [-0.2, 0) is 13.2 Å². The van der Waals surface area contributed by atoms with Gasteiger partial charge in [-0.15, -0.1) is 10.2 Å². The molecule has 0 aliphatic rings. The van der Waals surface area contributed by atoms with Crippen LogP contribution in [0.1, 0.15) is 23.9 Å². The molecular weight excluding hydrogens is 214 g/mol. The molecule has 0 bridgehead atoms. The van der Waals surface area contributed by atoms with E-state index in [1.165, 1.54) is 11.1 Å². The molecule has 0 aliphatic carbocycles. The SMILES string of the molecule is CCn1c(CO)nnc1-c1cc(C)ccc1C. The summed E-state index contributed by atoms with van der Waals surface area (Å²) in [6, 6.07) is 6.27. The van der Waals surface area contributed by atoms with Gasteiger partial charge in [0.05, 0.1) is 0 Å². The van der Waals surface area contributed by atoms with E-state index in [1.807, 2.05) is 11.5 Å². The van der Waals surface area contributed by atoms with E-state index in [9.17, 15) is 5.11 Å². The van der Waals surface area contributed by atoms with E-state index in [-0.39, 0.29) is 6.61 Å². The molecule has 0 radical (unpaired) electrons. The summed E-state index contributed by atoms with van der Waals surface area (Å²) in [5.41, 5.74) is 3.45. The number of aliphatic hydroxyl groups is 1. The highest BCUT2D eigenvalue weighted by molar-refractivity contribution is 5.61. The van der Waals surface area contributed by atoms with Crippen molar-refractivity contribution in [1.29, 1.82) is 0 Å². The standard InChI is InChI=1S/C13H17N3O/c1-4-16-12(8-17)14-15-13(16)11-7-9(2)5-6-10(11)3/h5-7,17H,4,8H2,1-3H3. The molecular formula is C13H17N3O. The van der Waals surface area contributed by atoms with E-state index in [2.05, 4.69) is 42.2 Å². The Morgan fingerprint density at radius 3 is 2.65 bits per heavy atom. The largest absolute Gasteiger partial charge is 0.388 e. The van der Waals surface area contributed by atoms with Crippen LogP contribution >= 0.6 is 0 Å². The fraction of sp³-hybridized carbons (Fsp3) is 0.385. The van der Waals surface area contributed by atoms with E-state index in [4.69, 9.17) is 0 Å². The Morgan fingerprint density at radius 1 is 1.24 bits per heavy atom. The summed E-state index contributed by atoms with van der Waals surface area (Å²) in [6.45, 7) is 6.82. The lowest BCUT2D eigenvalue weighted by molar-refractivity contribution is 0.265. The maximum Gasteiger partial charge on any atom is 0.164 e. The normalized spacial score (nSPS) is 10.8.